The highest BCUT2D eigenvalue weighted by atomic mass is 15.6. The van der Waals surface area contributed by atoms with Gasteiger partial charge in [-0.15, -0.1) is 5.10 Å². The van der Waals surface area contributed by atoms with Gasteiger partial charge in [0.2, 0.25) is 0 Å². The average molecular weight is 391 g/mol. The number of benzene rings is 2. The fraction of sp³-hybridized carbons (Fsp3) is 0.435. The number of anilines is 1. The molecule has 29 heavy (non-hydrogen) atoms. The molecule has 0 radical (unpaired) electrons. The van der Waals surface area contributed by atoms with Crippen LogP contribution in [0.5, 0.6) is 0 Å². The Morgan fingerprint density at radius 2 is 1.52 bits per heavy atom. The Hall–Kier alpha value is -2.73. The zero-order valence-corrected chi connectivity index (χ0v) is 17.6. The fourth-order valence-corrected chi connectivity index (χ4v) is 3.98. The van der Waals surface area contributed by atoms with Crippen molar-refractivity contribution in [1.82, 2.24) is 25.1 Å². The molecular formula is C23H30N6. The summed E-state index contributed by atoms with van der Waals surface area (Å²) in [5.41, 5.74) is 2.40. The minimum Gasteiger partial charge on any atom is -0.369 e. The van der Waals surface area contributed by atoms with E-state index in [9.17, 15) is 0 Å². The second-order valence-corrected chi connectivity index (χ2v) is 8.29. The van der Waals surface area contributed by atoms with Gasteiger partial charge in [-0.25, -0.2) is 4.68 Å². The molecule has 6 nitrogen and oxygen atoms in total. The smallest absolute Gasteiger partial charge is 0.173 e. The second kappa shape index (κ2) is 8.33. The molecule has 152 valence electrons. The Morgan fingerprint density at radius 3 is 2.14 bits per heavy atom. The Bertz CT molecular complexity index is 897. The van der Waals surface area contributed by atoms with Crippen LogP contribution in [0, 0.1) is 0 Å². The molecule has 2 aromatic carbocycles. The summed E-state index contributed by atoms with van der Waals surface area (Å²) < 4.78 is 2.02. The van der Waals surface area contributed by atoms with Crippen molar-refractivity contribution in [1.29, 1.82) is 0 Å². The third-order valence-electron chi connectivity index (χ3n) is 6.09. The standard InChI is InChI=1S/C23H30N6/c1-4-23(2,3)29-22(24-25-26-29)21(19-11-7-5-8-12-19)28-17-15-27(16-18-28)20-13-9-6-10-14-20/h5-14,21H,4,15-18H2,1-3H3. The quantitative estimate of drug-likeness (QED) is 0.642. The van der Waals surface area contributed by atoms with E-state index in [-0.39, 0.29) is 11.6 Å². The highest BCUT2D eigenvalue weighted by Gasteiger charge is 2.34. The molecule has 1 atom stereocenters. The maximum absolute atomic E-state index is 4.51. The predicted octanol–water partition coefficient (Wildman–Crippen LogP) is 3.73. The lowest BCUT2D eigenvalue weighted by atomic mass is 9.99. The summed E-state index contributed by atoms with van der Waals surface area (Å²) in [6.45, 7) is 10.5. The summed E-state index contributed by atoms with van der Waals surface area (Å²) in [6.07, 6.45) is 0.967. The summed E-state index contributed by atoms with van der Waals surface area (Å²) >= 11 is 0. The normalized spacial score (nSPS) is 16.7. The van der Waals surface area contributed by atoms with Crippen LogP contribution in [0.3, 0.4) is 0 Å². The van der Waals surface area contributed by atoms with Crippen LogP contribution in [0.2, 0.25) is 0 Å². The highest BCUT2D eigenvalue weighted by Crippen LogP contribution is 2.31. The summed E-state index contributed by atoms with van der Waals surface area (Å²) in [7, 11) is 0. The van der Waals surface area contributed by atoms with Crippen molar-refractivity contribution in [3.8, 4) is 0 Å². The largest absolute Gasteiger partial charge is 0.369 e. The second-order valence-electron chi connectivity index (χ2n) is 8.29. The molecule has 1 aromatic heterocycles. The number of rotatable bonds is 6. The first-order chi connectivity index (χ1) is 14.1. The number of nitrogens with zero attached hydrogens (tertiary/aromatic N) is 6. The Morgan fingerprint density at radius 1 is 0.897 bits per heavy atom. The molecule has 6 heteroatoms. The summed E-state index contributed by atoms with van der Waals surface area (Å²) in [5, 5.41) is 13.0. The van der Waals surface area contributed by atoms with Gasteiger partial charge in [0.1, 0.15) is 0 Å². The van der Waals surface area contributed by atoms with E-state index in [0.29, 0.717) is 0 Å². The number of para-hydroxylation sites is 1. The number of hydrogen-bond donors (Lipinski definition) is 0. The van der Waals surface area contributed by atoms with Gasteiger partial charge in [-0.1, -0.05) is 55.5 Å². The summed E-state index contributed by atoms with van der Waals surface area (Å²) in [6, 6.07) is 21.3. The predicted molar refractivity (Wildman–Crippen MR) is 116 cm³/mol. The lowest BCUT2D eigenvalue weighted by molar-refractivity contribution is 0.187. The van der Waals surface area contributed by atoms with Crippen molar-refractivity contribution in [2.24, 2.45) is 0 Å². The SMILES string of the molecule is CCC(C)(C)n1nnnc1C(c1ccccc1)N1CCN(c2ccccc2)CC1. The Labute approximate surface area is 173 Å². The van der Waals surface area contributed by atoms with Crippen molar-refractivity contribution in [3.05, 3.63) is 72.1 Å². The molecule has 1 aliphatic rings. The van der Waals surface area contributed by atoms with Crippen LogP contribution >= 0.6 is 0 Å². The third kappa shape index (κ3) is 4.03. The van der Waals surface area contributed by atoms with Crippen molar-refractivity contribution in [2.75, 3.05) is 31.1 Å². The van der Waals surface area contributed by atoms with Crippen LogP contribution in [0.1, 0.15) is 44.6 Å². The molecule has 1 fully saturated rings. The maximum Gasteiger partial charge on any atom is 0.173 e. The first kappa shape index (κ1) is 19.6. The maximum atomic E-state index is 4.51. The Kier molecular flexibility index (Phi) is 5.62. The van der Waals surface area contributed by atoms with Gasteiger partial charge in [0.25, 0.3) is 0 Å². The molecule has 3 aromatic rings. The van der Waals surface area contributed by atoms with E-state index in [1.165, 1.54) is 11.3 Å². The molecule has 0 amide bonds. The molecule has 1 aliphatic heterocycles. The zero-order valence-electron chi connectivity index (χ0n) is 17.6. The van der Waals surface area contributed by atoms with Crippen molar-refractivity contribution >= 4 is 5.69 Å². The molecule has 0 spiro atoms. The third-order valence-corrected chi connectivity index (χ3v) is 6.09. The summed E-state index contributed by atoms with van der Waals surface area (Å²) in [5.74, 6) is 0.927. The monoisotopic (exact) mass is 390 g/mol. The van der Waals surface area contributed by atoms with Gasteiger partial charge >= 0.3 is 0 Å². The van der Waals surface area contributed by atoms with E-state index < -0.39 is 0 Å². The topological polar surface area (TPSA) is 50.1 Å². The van der Waals surface area contributed by atoms with Gasteiger partial charge < -0.3 is 4.90 Å². The van der Waals surface area contributed by atoms with E-state index in [1.54, 1.807) is 0 Å². The number of aromatic nitrogens is 4. The lowest BCUT2D eigenvalue weighted by Crippen LogP contribution is -2.48. The van der Waals surface area contributed by atoms with Gasteiger partial charge in [0, 0.05) is 31.9 Å². The number of piperazine rings is 1. The molecule has 0 bridgehead atoms. The van der Waals surface area contributed by atoms with E-state index in [2.05, 4.69) is 107 Å². The molecule has 1 unspecified atom stereocenters. The van der Waals surface area contributed by atoms with Gasteiger partial charge in [-0.3, -0.25) is 4.90 Å². The molecule has 4 rings (SSSR count). The van der Waals surface area contributed by atoms with E-state index in [0.717, 1.165) is 38.4 Å². The van der Waals surface area contributed by atoms with E-state index >= 15 is 0 Å². The van der Waals surface area contributed by atoms with Crippen LogP contribution < -0.4 is 4.90 Å². The first-order valence-corrected chi connectivity index (χ1v) is 10.5. The van der Waals surface area contributed by atoms with Crippen LogP contribution in [-0.4, -0.2) is 51.3 Å². The van der Waals surface area contributed by atoms with Gasteiger partial charge in [0.15, 0.2) is 5.82 Å². The zero-order chi connectivity index (χ0) is 20.3. The molecule has 2 heterocycles. The van der Waals surface area contributed by atoms with Crippen molar-refractivity contribution in [3.63, 3.8) is 0 Å². The van der Waals surface area contributed by atoms with Crippen LogP contribution in [-0.2, 0) is 5.54 Å². The van der Waals surface area contributed by atoms with Crippen LogP contribution in [0.25, 0.3) is 0 Å². The van der Waals surface area contributed by atoms with Crippen LogP contribution in [0.4, 0.5) is 5.69 Å². The van der Waals surface area contributed by atoms with Gasteiger partial charge in [0.05, 0.1) is 11.6 Å². The Balaban J connectivity index is 1.63. The van der Waals surface area contributed by atoms with E-state index in [4.69, 9.17) is 0 Å². The molecular weight excluding hydrogens is 360 g/mol. The first-order valence-electron chi connectivity index (χ1n) is 10.5. The van der Waals surface area contributed by atoms with Crippen molar-refractivity contribution in [2.45, 2.75) is 38.8 Å². The van der Waals surface area contributed by atoms with Gasteiger partial charge in [-0.05, 0) is 48.4 Å². The minimum atomic E-state index is -0.127. The van der Waals surface area contributed by atoms with E-state index in [1.807, 2.05) is 4.68 Å². The minimum absolute atomic E-state index is 0.0509. The van der Waals surface area contributed by atoms with Gasteiger partial charge in [-0.2, -0.15) is 0 Å². The highest BCUT2D eigenvalue weighted by molar-refractivity contribution is 5.46. The van der Waals surface area contributed by atoms with Crippen molar-refractivity contribution < 1.29 is 0 Å². The lowest BCUT2D eigenvalue weighted by Gasteiger charge is -2.40. The number of tetrazole rings is 1. The fourth-order valence-electron chi connectivity index (χ4n) is 3.98. The molecule has 0 saturated carbocycles. The number of hydrogen-bond acceptors (Lipinski definition) is 5. The summed E-state index contributed by atoms with van der Waals surface area (Å²) in [4.78, 5) is 4.97. The molecule has 0 aliphatic carbocycles. The van der Waals surface area contributed by atoms with Crippen LogP contribution in [0.15, 0.2) is 60.7 Å². The molecule has 1 saturated heterocycles. The molecule has 0 N–H and O–H groups in total. The average Bonchev–Trinajstić information content (AvgIpc) is 3.26.